The van der Waals surface area contributed by atoms with E-state index in [0.29, 0.717) is 24.3 Å². The quantitative estimate of drug-likeness (QED) is 0.289. The molecular weight excluding hydrogens is 306 g/mol. The van der Waals surface area contributed by atoms with Crippen LogP contribution in [0.25, 0.3) is 0 Å². The lowest BCUT2D eigenvalue weighted by molar-refractivity contribution is -0.145. The third-order valence-corrected chi connectivity index (χ3v) is 3.49. The van der Waals surface area contributed by atoms with Gasteiger partial charge < -0.3 is 15.2 Å². The van der Waals surface area contributed by atoms with E-state index in [1.165, 1.54) is 0 Å². The van der Waals surface area contributed by atoms with Gasteiger partial charge in [0, 0.05) is 17.7 Å². The van der Waals surface area contributed by atoms with Gasteiger partial charge in [-0.25, -0.2) is 4.79 Å². The minimum Gasteiger partial charge on any atom is -0.462 e. The van der Waals surface area contributed by atoms with E-state index in [-0.39, 0.29) is 18.5 Å². The molecule has 0 saturated carbocycles. The molecule has 5 nitrogen and oxygen atoms in total. The maximum Gasteiger partial charge on any atom is 0.333 e. The van der Waals surface area contributed by atoms with Crippen molar-refractivity contribution in [1.29, 1.82) is 0 Å². The zero-order valence-corrected chi connectivity index (χ0v) is 14.4. The van der Waals surface area contributed by atoms with Crippen LogP contribution in [0.3, 0.4) is 0 Å². The second-order valence-electron chi connectivity index (χ2n) is 5.84. The molecule has 5 heteroatoms. The molecule has 1 aromatic carbocycles. The first-order valence-electron chi connectivity index (χ1n) is 8.31. The van der Waals surface area contributed by atoms with Crippen LogP contribution in [-0.2, 0) is 25.7 Å². The third-order valence-electron chi connectivity index (χ3n) is 3.49. The highest BCUT2D eigenvalue weighted by Gasteiger charge is 2.04. The highest BCUT2D eigenvalue weighted by Crippen LogP contribution is 2.09. The summed E-state index contributed by atoms with van der Waals surface area (Å²) in [5.74, 6) is -0.513. The standard InChI is InChI=1S/C19H27NO4/c1-15(2)19(22)23-13-7-5-3-4-6-8-18(21)24-14-16-9-11-17(20)12-10-16/h9-12H,1,3-8,13-14,20H2,2H3. The number of anilines is 1. The Morgan fingerprint density at radius 2 is 1.62 bits per heavy atom. The average molecular weight is 333 g/mol. The Bertz CT molecular complexity index is 537. The topological polar surface area (TPSA) is 78.6 Å². The van der Waals surface area contributed by atoms with E-state index in [1.807, 2.05) is 12.1 Å². The van der Waals surface area contributed by atoms with Gasteiger partial charge in [-0.15, -0.1) is 0 Å². The van der Waals surface area contributed by atoms with Gasteiger partial charge in [0.25, 0.3) is 0 Å². The molecule has 0 atom stereocenters. The van der Waals surface area contributed by atoms with E-state index in [4.69, 9.17) is 15.2 Å². The van der Waals surface area contributed by atoms with Crippen molar-refractivity contribution in [2.75, 3.05) is 12.3 Å². The summed E-state index contributed by atoms with van der Waals surface area (Å²) in [4.78, 5) is 22.8. The number of esters is 2. The first kappa shape index (κ1) is 19.7. The summed E-state index contributed by atoms with van der Waals surface area (Å²) in [6.45, 7) is 5.87. The van der Waals surface area contributed by atoms with E-state index >= 15 is 0 Å². The van der Waals surface area contributed by atoms with E-state index in [0.717, 1.165) is 37.7 Å². The maximum atomic E-state index is 11.6. The minimum absolute atomic E-state index is 0.179. The number of carbonyl (C=O) groups is 2. The first-order chi connectivity index (χ1) is 11.5. The number of carbonyl (C=O) groups excluding carboxylic acids is 2. The third kappa shape index (κ3) is 8.98. The van der Waals surface area contributed by atoms with Gasteiger partial charge in [-0.3, -0.25) is 4.79 Å². The van der Waals surface area contributed by atoms with Crippen molar-refractivity contribution in [3.8, 4) is 0 Å². The number of rotatable bonds is 11. The van der Waals surface area contributed by atoms with Crippen LogP contribution in [0.1, 0.15) is 51.0 Å². The summed E-state index contributed by atoms with van der Waals surface area (Å²) in [5.41, 5.74) is 7.65. The fourth-order valence-corrected chi connectivity index (χ4v) is 2.04. The molecule has 0 amide bonds. The van der Waals surface area contributed by atoms with Gasteiger partial charge in [0.2, 0.25) is 0 Å². The van der Waals surface area contributed by atoms with Crippen LogP contribution in [0.4, 0.5) is 5.69 Å². The van der Waals surface area contributed by atoms with Crippen LogP contribution < -0.4 is 5.73 Å². The molecule has 1 rings (SSSR count). The Kier molecular flexibility index (Phi) is 9.27. The van der Waals surface area contributed by atoms with Crippen LogP contribution in [-0.4, -0.2) is 18.5 Å². The molecule has 0 bridgehead atoms. The van der Waals surface area contributed by atoms with Gasteiger partial charge in [0.1, 0.15) is 6.61 Å². The van der Waals surface area contributed by atoms with Gasteiger partial charge >= 0.3 is 11.9 Å². The average Bonchev–Trinajstić information content (AvgIpc) is 2.56. The summed E-state index contributed by atoms with van der Waals surface area (Å²) in [6, 6.07) is 7.28. The zero-order valence-electron chi connectivity index (χ0n) is 14.4. The number of ether oxygens (including phenoxy) is 2. The summed E-state index contributed by atoms with van der Waals surface area (Å²) in [7, 11) is 0. The molecule has 0 unspecified atom stereocenters. The molecule has 24 heavy (non-hydrogen) atoms. The van der Waals surface area contributed by atoms with Crippen molar-refractivity contribution >= 4 is 17.6 Å². The van der Waals surface area contributed by atoms with Gasteiger partial charge in [-0.1, -0.05) is 38.0 Å². The normalized spacial score (nSPS) is 10.2. The smallest absolute Gasteiger partial charge is 0.333 e. The molecule has 0 fully saturated rings. The van der Waals surface area contributed by atoms with Crippen LogP contribution in [0.5, 0.6) is 0 Å². The molecule has 0 radical (unpaired) electrons. The Hall–Kier alpha value is -2.30. The second kappa shape index (κ2) is 11.3. The van der Waals surface area contributed by atoms with Crippen molar-refractivity contribution in [3.63, 3.8) is 0 Å². The number of nitrogen functional groups attached to an aromatic ring is 1. The number of hydrogen-bond acceptors (Lipinski definition) is 5. The van der Waals surface area contributed by atoms with E-state index in [9.17, 15) is 9.59 Å². The monoisotopic (exact) mass is 333 g/mol. The molecule has 0 heterocycles. The van der Waals surface area contributed by atoms with E-state index in [1.54, 1.807) is 19.1 Å². The lowest BCUT2D eigenvalue weighted by Gasteiger charge is -2.06. The SMILES string of the molecule is C=C(C)C(=O)OCCCCCCCC(=O)OCc1ccc(N)cc1. The van der Waals surface area contributed by atoms with Crippen molar-refractivity contribution in [3.05, 3.63) is 42.0 Å². The number of hydrogen-bond donors (Lipinski definition) is 1. The summed E-state index contributed by atoms with van der Waals surface area (Å²) >= 11 is 0. The van der Waals surface area contributed by atoms with Gasteiger partial charge in [0.15, 0.2) is 0 Å². The van der Waals surface area contributed by atoms with Crippen LogP contribution in [0, 0.1) is 0 Å². The predicted octanol–water partition coefficient (Wildman–Crippen LogP) is 3.77. The summed E-state index contributed by atoms with van der Waals surface area (Å²) in [6.07, 6.45) is 5.03. The van der Waals surface area contributed by atoms with E-state index < -0.39 is 0 Å². The zero-order chi connectivity index (χ0) is 17.8. The molecule has 0 aliphatic heterocycles. The lowest BCUT2D eigenvalue weighted by atomic mass is 10.1. The summed E-state index contributed by atoms with van der Waals surface area (Å²) in [5, 5.41) is 0. The Balaban J connectivity index is 1.97. The summed E-state index contributed by atoms with van der Waals surface area (Å²) < 4.78 is 10.2. The van der Waals surface area contributed by atoms with Crippen molar-refractivity contribution in [1.82, 2.24) is 0 Å². The minimum atomic E-state index is -0.334. The van der Waals surface area contributed by atoms with Crippen molar-refractivity contribution in [2.24, 2.45) is 0 Å². The molecule has 0 aromatic heterocycles. The Labute approximate surface area is 143 Å². The Morgan fingerprint density at radius 1 is 1.00 bits per heavy atom. The fraction of sp³-hybridized carbons (Fsp3) is 0.474. The Morgan fingerprint density at radius 3 is 2.29 bits per heavy atom. The van der Waals surface area contributed by atoms with Crippen LogP contribution >= 0.6 is 0 Å². The van der Waals surface area contributed by atoms with Crippen LogP contribution in [0.15, 0.2) is 36.4 Å². The van der Waals surface area contributed by atoms with Gasteiger partial charge in [0.05, 0.1) is 6.61 Å². The molecule has 0 saturated heterocycles. The van der Waals surface area contributed by atoms with Gasteiger partial charge in [-0.2, -0.15) is 0 Å². The molecule has 132 valence electrons. The first-order valence-corrected chi connectivity index (χ1v) is 8.31. The highest BCUT2D eigenvalue weighted by molar-refractivity contribution is 5.86. The van der Waals surface area contributed by atoms with Gasteiger partial charge in [-0.05, 0) is 37.5 Å². The fourth-order valence-electron chi connectivity index (χ4n) is 2.04. The van der Waals surface area contributed by atoms with Crippen molar-refractivity contribution in [2.45, 2.75) is 52.1 Å². The molecule has 2 N–H and O–H groups in total. The molecular formula is C19H27NO4. The maximum absolute atomic E-state index is 11.6. The second-order valence-corrected chi connectivity index (χ2v) is 5.84. The number of benzene rings is 1. The molecule has 0 aliphatic rings. The van der Waals surface area contributed by atoms with Crippen LogP contribution in [0.2, 0.25) is 0 Å². The predicted molar refractivity (Wildman–Crippen MR) is 94.1 cm³/mol. The lowest BCUT2D eigenvalue weighted by Crippen LogP contribution is -2.06. The van der Waals surface area contributed by atoms with Crippen molar-refractivity contribution < 1.29 is 19.1 Å². The van der Waals surface area contributed by atoms with E-state index in [2.05, 4.69) is 6.58 Å². The molecule has 0 spiro atoms. The number of nitrogens with two attached hydrogens (primary N) is 1. The molecule has 0 aliphatic carbocycles. The highest BCUT2D eigenvalue weighted by atomic mass is 16.5. The number of unbranched alkanes of at least 4 members (excludes halogenated alkanes) is 4. The largest absolute Gasteiger partial charge is 0.462 e. The molecule has 1 aromatic rings.